The van der Waals surface area contributed by atoms with E-state index in [1.165, 1.54) is 0 Å². The second-order valence-corrected chi connectivity index (χ2v) is 5.06. The van der Waals surface area contributed by atoms with Gasteiger partial charge in [0.05, 0.1) is 24.5 Å². The molecule has 0 bridgehead atoms. The largest absolute Gasteiger partial charge is 0.491 e. The van der Waals surface area contributed by atoms with Gasteiger partial charge in [0.2, 0.25) is 0 Å². The molecule has 1 unspecified atom stereocenters. The van der Waals surface area contributed by atoms with Crippen molar-refractivity contribution in [3.05, 3.63) is 42.2 Å². The zero-order valence-electron chi connectivity index (χ0n) is 11.7. The fourth-order valence-electron chi connectivity index (χ4n) is 2.73. The Labute approximate surface area is 118 Å². The maximum absolute atomic E-state index is 6.03. The summed E-state index contributed by atoms with van der Waals surface area (Å²) in [6.45, 7) is 2.24. The van der Waals surface area contributed by atoms with Gasteiger partial charge in [-0.15, -0.1) is 0 Å². The number of nitrogens with two attached hydrogens (primary N) is 1. The lowest BCUT2D eigenvalue weighted by Crippen LogP contribution is -2.34. The van der Waals surface area contributed by atoms with E-state index in [0.29, 0.717) is 6.54 Å². The molecule has 106 valence electrons. The van der Waals surface area contributed by atoms with Gasteiger partial charge >= 0.3 is 0 Å². The molecule has 2 aromatic rings. The smallest absolute Gasteiger partial charge is 0.142 e. The molecule has 5 nitrogen and oxygen atoms in total. The molecule has 1 aromatic carbocycles. The molecule has 1 atom stereocenters. The first kappa shape index (κ1) is 13.0. The first-order valence-corrected chi connectivity index (χ1v) is 6.96. The number of rotatable bonds is 3. The van der Waals surface area contributed by atoms with E-state index >= 15 is 0 Å². The van der Waals surface area contributed by atoms with Crippen LogP contribution in [0.5, 0.6) is 5.75 Å². The average molecular weight is 272 g/mol. The molecule has 2 heterocycles. The molecular weight excluding hydrogens is 252 g/mol. The summed E-state index contributed by atoms with van der Waals surface area (Å²) < 4.78 is 7.63. The minimum absolute atomic E-state index is 0.131. The number of para-hydroxylation sites is 2. The third-order valence-electron chi connectivity index (χ3n) is 3.68. The highest BCUT2D eigenvalue weighted by molar-refractivity contribution is 5.60. The van der Waals surface area contributed by atoms with Gasteiger partial charge in [-0.2, -0.15) is 5.10 Å². The van der Waals surface area contributed by atoms with E-state index in [1.807, 2.05) is 42.3 Å². The number of hydrogen-bond donors (Lipinski definition) is 1. The normalized spacial score (nSPS) is 16.2. The number of ether oxygens (including phenoxy) is 1. The topological polar surface area (TPSA) is 56.3 Å². The van der Waals surface area contributed by atoms with Gasteiger partial charge in [-0.25, -0.2) is 0 Å². The molecule has 0 saturated heterocycles. The monoisotopic (exact) mass is 272 g/mol. The minimum Gasteiger partial charge on any atom is -0.491 e. The molecule has 5 heteroatoms. The molecule has 0 saturated carbocycles. The number of nitrogens with zero attached hydrogens (tertiary/aromatic N) is 3. The number of anilines is 1. The third-order valence-corrected chi connectivity index (χ3v) is 3.68. The quantitative estimate of drug-likeness (QED) is 0.924. The second kappa shape index (κ2) is 5.54. The lowest BCUT2D eigenvalue weighted by molar-refractivity contribution is 0.322. The first-order chi connectivity index (χ1) is 9.79. The summed E-state index contributed by atoms with van der Waals surface area (Å²) in [5, 5.41) is 4.26. The van der Waals surface area contributed by atoms with Gasteiger partial charge in [0.25, 0.3) is 0 Å². The highest BCUT2D eigenvalue weighted by atomic mass is 16.5. The summed E-state index contributed by atoms with van der Waals surface area (Å²) >= 11 is 0. The van der Waals surface area contributed by atoms with E-state index in [9.17, 15) is 0 Å². The Morgan fingerprint density at radius 3 is 3.00 bits per heavy atom. The maximum Gasteiger partial charge on any atom is 0.142 e. The Bertz CT molecular complexity index is 581. The van der Waals surface area contributed by atoms with Gasteiger partial charge in [0.15, 0.2) is 0 Å². The number of aryl methyl sites for hydroxylation is 1. The van der Waals surface area contributed by atoms with Crippen LogP contribution >= 0.6 is 0 Å². The van der Waals surface area contributed by atoms with Crippen molar-refractivity contribution in [2.75, 3.05) is 24.6 Å². The van der Waals surface area contributed by atoms with Crippen LogP contribution in [-0.4, -0.2) is 29.5 Å². The molecule has 0 amide bonds. The van der Waals surface area contributed by atoms with Crippen LogP contribution in [0.2, 0.25) is 0 Å². The summed E-state index contributed by atoms with van der Waals surface area (Å²) in [5.41, 5.74) is 8.29. The Hall–Kier alpha value is -2.01. The lowest BCUT2D eigenvalue weighted by Gasteiger charge is -2.31. The fourth-order valence-corrected chi connectivity index (χ4v) is 2.73. The van der Waals surface area contributed by atoms with Crippen molar-refractivity contribution in [2.45, 2.75) is 12.5 Å². The van der Waals surface area contributed by atoms with Crippen molar-refractivity contribution < 1.29 is 4.74 Å². The Balaban J connectivity index is 1.99. The molecule has 0 spiro atoms. The van der Waals surface area contributed by atoms with Crippen molar-refractivity contribution in [3.63, 3.8) is 0 Å². The van der Waals surface area contributed by atoms with Gasteiger partial charge in [-0.1, -0.05) is 12.1 Å². The number of fused-ring (bicyclic) bond motifs is 1. The third kappa shape index (κ3) is 2.36. The van der Waals surface area contributed by atoms with Gasteiger partial charge in [-0.05, 0) is 18.6 Å². The fraction of sp³-hybridized carbons (Fsp3) is 0.400. The van der Waals surface area contributed by atoms with E-state index in [0.717, 1.165) is 36.6 Å². The minimum atomic E-state index is 0.131. The van der Waals surface area contributed by atoms with E-state index in [4.69, 9.17) is 10.5 Å². The molecule has 2 N–H and O–H groups in total. The SMILES string of the molecule is Cn1cc(C(CN)N2CCCOc3ccccc32)cn1. The van der Waals surface area contributed by atoms with Crippen LogP contribution in [0.25, 0.3) is 0 Å². The number of hydrogen-bond acceptors (Lipinski definition) is 4. The second-order valence-electron chi connectivity index (χ2n) is 5.06. The van der Waals surface area contributed by atoms with Crippen LogP contribution in [0.1, 0.15) is 18.0 Å². The molecule has 1 aromatic heterocycles. The van der Waals surface area contributed by atoms with Crippen LogP contribution < -0.4 is 15.4 Å². The highest BCUT2D eigenvalue weighted by Crippen LogP contribution is 2.35. The van der Waals surface area contributed by atoms with Gasteiger partial charge in [0, 0.05) is 31.9 Å². The predicted molar refractivity (Wildman–Crippen MR) is 78.9 cm³/mol. The van der Waals surface area contributed by atoms with Crippen molar-refractivity contribution in [1.82, 2.24) is 9.78 Å². The number of benzene rings is 1. The van der Waals surface area contributed by atoms with Crippen LogP contribution in [0.4, 0.5) is 5.69 Å². The van der Waals surface area contributed by atoms with Crippen molar-refractivity contribution in [1.29, 1.82) is 0 Å². The molecule has 0 radical (unpaired) electrons. The van der Waals surface area contributed by atoms with E-state index < -0.39 is 0 Å². The molecular formula is C15H20N4O. The number of aromatic nitrogens is 2. The standard InChI is InChI=1S/C15H20N4O/c1-18-11-12(10-17-18)14(9-16)19-7-4-8-20-15-6-3-2-5-13(15)19/h2-3,5-6,10-11,14H,4,7-9,16H2,1H3. The Kier molecular flexibility index (Phi) is 3.60. The molecule has 20 heavy (non-hydrogen) atoms. The van der Waals surface area contributed by atoms with Gasteiger partial charge in [-0.3, -0.25) is 4.68 Å². The zero-order valence-corrected chi connectivity index (χ0v) is 11.7. The lowest BCUT2D eigenvalue weighted by atomic mass is 10.1. The summed E-state index contributed by atoms with van der Waals surface area (Å²) in [7, 11) is 1.93. The van der Waals surface area contributed by atoms with Crippen LogP contribution in [0.3, 0.4) is 0 Å². The summed E-state index contributed by atoms with van der Waals surface area (Å²) in [5.74, 6) is 0.937. The molecule has 0 aliphatic carbocycles. The summed E-state index contributed by atoms with van der Waals surface area (Å²) in [4.78, 5) is 2.33. The average Bonchev–Trinajstić information content (AvgIpc) is 2.78. The van der Waals surface area contributed by atoms with Crippen molar-refractivity contribution >= 4 is 5.69 Å². The molecule has 0 fully saturated rings. The van der Waals surface area contributed by atoms with Crippen molar-refractivity contribution in [2.24, 2.45) is 12.8 Å². The molecule has 1 aliphatic heterocycles. The molecule has 3 rings (SSSR count). The first-order valence-electron chi connectivity index (χ1n) is 6.96. The van der Waals surface area contributed by atoms with Crippen LogP contribution in [0.15, 0.2) is 36.7 Å². The van der Waals surface area contributed by atoms with E-state index in [1.54, 1.807) is 0 Å². The van der Waals surface area contributed by atoms with E-state index in [2.05, 4.69) is 16.1 Å². The summed E-state index contributed by atoms with van der Waals surface area (Å²) in [6.07, 6.45) is 4.92. The zero-order chi connectivity index (χ0) is 13.9. The predicted octanol–water partition coefficient (Wildman–Crippen LogP) is 1.71. The maximum atomic E-state index is 6.03. The van der Waals surface area contributed by atoms with Crippen molar-refractivity contribution in [3.8, 4) is 5.75 Å². The highest BCUT2D eigenvalue weighted by Gasteiger charge is 2.24. The Morgan fingerprint density at radius 2 is 2.25 bits per heavy atom. The van der Waals surface area contributed by atoms with Crippen LogP contribution in [-0.2, 0) is 7.05 Å². The van der Waals surface area contributed by atoms with E-state index in [-0.39, 0.29) is 6.04 Å². The molecule has 1 aliphatic rings. The van der Waals surface area contributed by atoms with Crippen LogP contribution in [0, 0.1) is 0 Å². The summed E-state index contributed by atoms with van der Waals surface area (Å²) in [6, 6.07) is 8.29. The van der Waals surface area contributed by atoms with Gasteiger partial charge in [0.1, 0.15) is 5.75 Å². The Morgan fingerprint density at radius 1 is 1.40 bits per heavy atom. The van der Waals surface area contributed by atoms with Gasteiger partial charge < -0.3 is 15.4 Å².